The summed E-state index contributed by atoms with van der Waals surface area (Å²) in [6, 6.07) is 14.0. The number of hydrogen-bond acceptors (Lipinski definition) is 5. The highest BCUT2D eigenvalue weighted by molar-refractivity contribution is 5.75. The first kappa shape index (κ1) is 16.6. The zero-order valence-electron chi connectivity index (χ0n) is 14.9. The van der Waals surface area contributed by atoms with Crippen molar-refractivity contribution >= 4 is 16.9 Å². The molecule has 1 fully saturated rings. The third-order valence-electron chi connectivity index (χ3n) is 5.08. The van der Waals surface area contributed by atoms with Crippen LogP contribution in [0.4, 0.5) is 5.82 Å². The van der Waals surface area contributed by atoms with Gasteiger partial charge in [0.15, 0.2) is 0 Å². The number of anilines is 1. The lowest BCUT2D eigenvalue weighted by Gasteiger charge is -2.16. The molecule has 0 spiro atoms. The van der Waals surface area contributed by atoms with Gasteiger partial charge in [-0.1, -0.05) is 12.1 Å². The topological polar surface area (TPSA) is 69.8 Å². The van der Waals surface area contributed by atoms with Crippen molar-refractivity contribution in [2.75, 3.05) is 25.0 Å². The van der Waals surface area contributed by atoms with Crippen molar-refractivity contribution in [2.45, 2.75) is 13.0 Å². The molecule has 2 aromatic heterocycles. The Labute approximate surface area is 153 Å². The minimum absolute atomic E-state index is 0.588. The Hall–Kier alpha value is -2.91. The Morgan fingerprint density at radius 3 is 2.92 bits per heavy atom. The van der Waals surface area contributed by atoms with Crippen LogP contribution in [0.3, 0.4) is 0 Å². The van der Waals surface area contributed by atoms with E-state index in [2.05, 4.69) is 51.1 Å². The number of nitrogens with zero attached hydrogens (tertiary/aromatic N) is 5. The van der Waals surface area contributed by atoms with Crippen LogP contribution in [0.1, 0.15) is 17.8 Å². The summed E-state index contributed by atoms with van der Waals surface area (Å²) in [5, 5.41) is 12.2. The predicted octanol–water partition coefficient (Wildman–Crippen LogP) is 2.77. The fourth-order valence-corrected chi connectivity index (χ4v) is 3.57. The molecule has 0 bridgehead atoms. The number of para-hydroxylation sites is 2. The zero-order valence-corrected chi connectivity index (χ0v) is 14.9. The highest BCUT2D eigenvalue weighted by Gasteiger charge is 2.23. The molecule has 132 valence electrons. The van der Waals surface area contributed by atoms with Crippen LogP contribution in [0.15, 0.2) is 42.6 Å². The van der Waals surface area contributed by atoms with Gasteiger partial charge >= 0.3 is 0 Å². The second-order valence-corrected chi connectivity index (χ2v) is 6.89. The minimum atomic E-state index is 0.588. The van der Waals surface area contributed by atoms with E-state index < -0.39 is 0 Å². The average Bonchev–Trinajstić information content (AvgIpc) is 3.26. The van der Waals surface area contributed by atoms with E-state index in [-0.39, 0.29) is 0 Å². The lowest BCUT2D eigenvalue weighted by atomic mass is 10.1. The van der Waals surface area contributed by atoms with Gasteiger partial charge in [-0.25, -0.2) is 9.97 Å². The van der Waals surface area contributed by atoms with Gasteiger partial charge < -0.3 is 9.88 Å². The zero-order chi connectivity index (χ0) is 17.9. The highest BCUT2D eigenvalue weighted by atomic mass is 15.2. The Balaban J connectivity index is 1.33. The number of hydrogen-bond donors (Lipinski definition) is 1. The van der Waals surface area contributed by atoms with E-state index in [0.717, 1.165) is 43.3 Å². The Kier molecular flexibility index (Phi) is 4.55. The standard InChI is InChI=1S/C20H22N6/c1-25-18-5-3-2-4-17(18)24-20(25)14-26-9-8-16(13-26)12-23-19-7-6-15(10-21)11-22-19/h2-7,11,16H,8-9,12-14H2,1H3,(H,22,23)/t16-/m1/s1. The van der Waals surface area contributed by atoms with Crippen molar-refractivity contribution in [3.05, 3.63) is 54.0 Å². The maximum absolute atomic E-state index is 8.82. The first-order chi connectivity index (χ1) is 12.7. The van der Waals surface area contributed by atoms with Gasteiger partial charge in [-0.3, -0.25) is 4.90 Å². The van der Waals surface area contributed by atoms with Gasteiger partial charge in [-0.05, 0) is 43.1 Å². The van der Waals surface area contributed by atoms with Crippen LogP contribution in [0.25, 0.3) is 11.0 Å². The molecule has 26 heavy (non-hydrogen) atoms. The molecular weight excluding hydrogens is 324 g/mol. The van der Waals surface area contributed by atoms with Gasteiger partial charge in [0, 0.05) is 26.3 Å². The maximum Gasteiger partial charge on any atom is 0.125 e. The summed E-state index contributed by atoms with van der Waals surface area (Å²) in [6.45, 7) is 3.94. The summed E-state index contributed by atoms with van der Waals surface area (Å²) in [6.07, 6.45) is 2.78. The summed E-state index contributed by atoms with van der Waals surface area (Å²) in [7, 11) is 2.09. The van der Waals surface area contributed by atoms with E-state index >= 15 is 0 Å². The van der Waals surface area contributed by atoms with Crippen molar-refractivity contribution < 1.29 is 0 Å². The van der Waals surface area contributed by atoms with Gasteiger partial charge in [-0.15, -0.1) is 0 Å². The molecule has 0 radical (unpaired) electrons. The molecule has 0 amide bonds. The summed E-state index contributed by atoms with van der Waals surface area (Å²) >= 11 is 0. The molecule has 1 aliphatic heterocycles. The van der Waals surface area contributed by atoms with Crippen LogP contribution >= 0.6 is 0 Å². The molecule has 1 atom stereocenters. The van der Waals surface area contributed by atoms with Gasteiger partial charge in [0.05, 0.1) is 23.1 Å². The molecule has 0 aliphatic carbocycles. The van der Waals surface area contributed by atoms with Crippen LogP contribution in [0, 0.1) is 17.2 Å². The van der Waals surface area contributed by atoms with Crippen LogP contribution < -0.4 is 5.32 Å². The minimum Gasteiger partial charge on any atom is -0.370 e. The molecule has 6 heteroatoms. The normalized spacial score (nSPS) is 17.5. The Morgan fingerprint density at radius 1 is 1.27 bits per heavy atom. The summed E-state index contributed by atoms with van der Waals surface area (Å²) in [5.41, 5.74) is 2.84. The second-order valence-electron chi connectivity index (χ2n) is 6.89. The number of benzene rings is 1. The molecule has 1 aliphatic rings. The summed E-state index contributed by atoms with van der Waals surface area (Å²) in [5.74, 6) is 2.55. The monoisotopic (exact) mass is 346 g/mol. The van der Waals surface area contributed by atoms with E-state index in [1.807, 2.05) is 12.1 Å². The third kappa shape index (κ3) is 3.39. The highest BCUT2D eigenvalue weighted by Crippen LogP contribution is 2.21. The molecule has 3 heterocycles. The van der Waals surface area contributed by atoms with Crippen LogP contribution in [-0.4, -0.2) is 39.1 Å². The van der Waals surface area contributed by atoms with Gasteiger partial charge in [0.2, 0.25) is 0 Å². The predicted molar refractivity (Wildman–Crippen MR) is 102 cm³/mol. The Morgan fingerprint density at radius 2 is 2.15 bits per heavy atom. The summed E-state index contributed by atoms with van der Waals surface area (Å²) < 4.78 is 2.20. The molecule has 1 N–H and O–H groups in total. The second kappa shape index (κ2) is 7.14. The van der Waals surface area contributed by atoms with Crippen molar-refractivity contribution in [2.24, 2.45) is 13.0 Å². The van der Waals surface area contributed by atoms with E-state index in [1.165, 1.54) is 11.9 Å². The number of rotatable bonds is 5. The number of aromatic nitrogens is 3. The van der Waals surface area contributed by atoms with Crippen LogP contribution in [0.2, 0.25) is 0 Å². The van der Waals surface area contributed by atoms with Crippen LogP contribution in [0.5, 0.6) is 0 Å². The number of aryl methyl sites for hydroxylation is 1. The first-order valence-electron chi connectivity index (χ1n) is 8.95. The fraction of sp³-hybridized carbons (Fsp3) is 0.350. The van der Waals surface area contributed by atoms with Crippen molar-refractivity contribution in [1.82, 2.24) is 19.4 Å². The average molecular weight is 346 g/mol. The Bertz CT molecular complexity index is 937. The fourth-order valence-electron chi connectivity index (χ4n) is 3.57. The SMILES string of the molecule is Cn1c(CN2CC[C@H](CNc3ccc(C#N)cn3)C2)nc2ccccc21. The lowest BCUT2D eigenvalue weighted by molar-refractivity contribution is 0.308. The number of pyridine rings is 1. The van der Waals surface area contributed by atoms with E-state index in [1.54, 1.807) is 12.3 Å². The largest absolute Gasteiger partial charge is 0.370 e. The number of imidazole rings is 1. The lowest BCUT2D eigenvalue weighted by Crippen LogP contribution is -2.24. The quantitative estimate of drug-likeness (QED) is 0.769. The molecular formula is C20H22N6. The van der Waals surface area contributed by atoms with Crippen LogP contribution in [-0.2, 0) is 13.6 Å². The smallest absolute Gasteiger partial charge is 0.125 e. The number of nitrogens with one attached hydrogen (secondary N) is 1. The summed E-state index contributed by atoms with van der Waals surface area (Å²) in [4.78, 5) is 11.5. The molecule has 1 saturated heterocycles. The molecule has 0 unspecified atom stereocenters. The molecule has 1 aromatic carbocycles. The van der Waals surface area contributed by atoms with Crippen molar-refractivity contribution in [3.63, 3.8) is 0 Å². The van der Waals surface area contributed by atoms with Gasteiger partial charge in [0.1, 0.15) is 17.7 Å². The molecule has 4 rings (SSSR count). The molecule has 3 aromatic rings. The number of fused-ring (bicyclic) bond motifs is 1. The van der Waals surface area contributed by atoms with E-state index in [0.29, 0.717) is 11.5 Å². The van der Waals surface area contributed by atoms with Crippen molar-refractivity contribution in [3.8, 4) is 6.07 Å². The van der Waals surface area contributed by atoms with E-state index in [9.17, 15) is 0 Å². The third-order valence-corrected chi connectivity index (χ3v) is 5.08. The van der Waals surface area contributed by atoms with Gasteiger partial charge in [-0.2, -0.15) is 5.26 Å². The first-order valence-corrected chi connectivity index (χ1v) is 8.95. The molecule has 6 nitrogen and oxygen atoms in total. The number of nitriles is 1. The molecule has 0 saturated carbocycles. The maximum atomic E-state index is 8.82. The van der Waals surface area contributed by atoms with Crippen molar-refractivity contribution in [1.29, 1.82) is 5.26 Å². The number of likely N-dealkylation sites (tertiary alicyclic amines) is 1. The van der Waals surface area contributed by atoms with E-state index in [4.69, 9.17) is 10.2 Å². The van der Waals surface area contributed by atoms with Gasteiger partial charge in [0.25, 0.3) is 0 Å².